The molecule has 0 aliphatic heterocycles. The molecular weight excluding hydrogens is 275 g/mol. The lowest BCUT2D eigenvalue weighted by atomic mass is 9.91. The van der Waals surface area contributed by atoms with E-state index in [1.165, 1.54) is 24.3 Å². The highest BCUT2D eigenvalue weighted by Crippen LogP contribution is 2.29. The van der Waals surface area contributed by atoms with Crippen molar-refractivity contribution in [2.24, 2.45) is 0 Å². The fraction of sp³-hybridized carbons (Fsp3) is 0.188. The molecule has 0 radical (unpaired) electrons. The summed E-state index contributed by atoms with van der Waals surface area (Å²) in [5, 5.41) is 28.3. The summed E-state index contributed by atoms with van der Waals surface area (Å²) >= 11 is 0. The third-order valence-corrected chi connectivity index (χ3v) is 3.39. The van der Waals surface area contributed by atoms with E-state index in [-0.39, 0.29) is 17.9 Å². The number of aromatic hydroxyl groups is 2. The van der Waals surface area contributed by atoms with Crippen molar-refractivity contribution in [1.82, 2.24) is 0 Å². The number of aryl methyl sites for hydroxylation is 1. The summed E-state index contributed by atoms with van der Waals surface area (Å²) in [6.07, 6.45) is 0.00392. The molecule has 1 atom stereocenters. The number of benzene rings is 2. The molecule has 0 spiro atoms. The molecule has 3 N–H and O–H groups in total. The Morgan fingerprint density at radius 2 is 1.90 bits per heavy atom. The topological polar surface area (TPSA) is 77.8 Å². The number of phenols is 2. The molecule has 110 valence electrons. The van der Waals surface area contributed by atoms with Crippen LogP contribution in [0.3, 0.4) is 0 Å². The van der Waals surface area contributed by atoms with Crippen LogP contribution < -0.4 is 0 Å². The van der Waals surface area contributed by atoms with E-state index in [0.717, 1.165) is 6.07 Å². The predicted molar refractivity (Wildman–Crippen MR) is 75.0 cm³/mol. The van der Waals surface area contributed by atoms with Gasteiger partial charge in [-0.25, -0.2) is 4.39 Å². The zero-order valence-electron chi connectivity index (χ0n) is 11.4. The molecule has 2 aromatic rings. The molecule has 5 heteroatoms. The Morgan fingerprint density at radius 1 is 1.19 bits per heavy atom. The van der Waals surface area contributed by atoms with Gasteiger partial charge in [-0.1, -0.05) is 18.2 Å². The van der Waals surface area contributed by atoms with Gasteiger partial charge in [-0.15, -0.1) is 0 Å². The summed E-state index contributed by atoms with van der Waals surface area (Å²) in [5.41, 5.74) is 1.15. The molecule has 0 saturated heterocycles. The van der Waals surface area contributed by atoms with E-state index in [4.69, 9.17) is 0 Å². The number of rotatable bonds is 4. The van der Waals surface area contributed by atoms with E-state index < -0.39 is 17.7 Å². The molecule has 0 fully saturated rings. The maximum absolute atomic E-state index is 13.6. The average molecular weight is 290 g/mol. The number of carbonyl (C=O) groups is 1. The number of hydrogen-bond acceptors (Lipinski definition) is 3. The first-order valence-electron chi connectivity index (χ1n) is 6.38. The van der Waals surface area contributed by atoms with E-state index >= 15 is 0 Å². The van der Waals surface area contributed by atoms with Crippen molar-refractivity contribution in [3.05, 3.63) is 58.9 Å². The minimum absolute atomic E-state index is 0.00392. The highest BCUT2D eigenvalue weighted by molar-refractivity contribution is 5.76. The van der Waals surface area contributed by atoms with Crippen LogP contribution in [-0.2, 0) is 11.2 Å². The van der Waals surface area contributed by atoms with Crippen molar-refractivity contribution < 1.29 is 24.5 Å². The van der Waals surface area contributed by atoms with Gasteiger partial charge in [0.2, 0.25) is 0 Å². The van der Waals surface area contributed by atoms with E-state index in [1.54, 1.807) is 13.0 Å². The van der Waals surface area contributed by atoms with Gasteiger partial charge in [0.1, 0.15) is 17.3 Å². The fourth-order valence-corrected chi connectivity index (χ4v) is 2.12. The first-order chi connectivity index (χ1) is 9.88. The molecule has 0 heterocycles. The number of carboxylic acids is 1. The van der Waals surface area contributed by atoms with E-state index in [9.17, 15) is 24.5 Å². The quantitative estimate of drug-likeness (QED) is 0.809. The molecule has 0 aliphatic rings. The number of aliphatic carboxylic acids is 1. The lowest BCUT2D eigenvalue weighted by Crippen LogP contribution is -2.15. The van der Waals surface area contributed by atoms with Gasteiger partial charge in [0.25, 0.3) is 0 Å². The summed E-state index contributed by atoms with van der Waals surface area (Å²) < 4.78 is 13.6. The number of hydrogen-bond donors (Lipinski definition) is 3. The maximum Gasteiger partial charge on any atom is 0.311 e. The third kappa shape index (κ3) is 3.31. The van der Waals surface area contributed by atoms with Crippen molar-refractivity contribution >= 4 is 5.97 Å². The van der Waals surface area contributed by atoms with Gasteiger partial charge in [-0.2, -0.15) is 0 Å². The molecular formula is C16H15FO4. The summed E-state index contributed by atoms with van der Waals surface area (Å²) in [4.78, 5) is 11.4. The van der Waals surface area contributed by atoms with Gasteiger partial charge >= 0.3 is 5.97 Å². The minimum Gasteiger partial charge on any atom is -0.508 e. The molecule has 1 unspecified atom stereocenters. The Balaban J connectivity index is 2.35. The van der Waals surface area contributed by atoms with Crippen molar-refractivity contribution in [3.8, 4) is 11.5 Å². The largest absolute Gasteiger partial charge is 0.508 e. The van der Waals surface area contributed by atoms with Crippen LogP contribution in [0.2, 0.25) is 0 Å². The molecule has 21 heavy (non-hydrogen) atoms. The lowest BCUT2D eigenvalue weighted by molar-refractivity contribution is -0.138. The molecule has 2 rings (SSSR count). The first-order valence-corrected chi connectivity index (χ1v) is 6.38. The van der Waals surface area contributed by atoms with Crippen molar-refractivity contribution in [2.75, 3.05) is 0 Å². The number of halogens is 1. The van der Waals surface area contributed by atoms with Crippen molar-refractivity contribution in [1.29, 1.82) is 0 Å². The molecule has 0 aliphatic carbocycles. The molecule has 0 saturated carbocycles. The van der Waals surface area contributed by atoms with E-state index in [0.29, 0.717) is 16.7 Å². The Labute approximate surface area is 121 Å². The molecule has 0 aromatic heterocycles. The Hall–Kier alpha value is -2.56. The highest BCUT2D eigenvalue weighted by atomic mass is 19.1. The molecule has 0 amide bonds. The van der Waals surface area contributed by atoms with Crippen LogP contribution in [0, 0.1) is 12.7 Å². The SMILES string of the molecule is Cc1ccc(C(Cc2ccc(O)cc2O)C(=O)O)cc1F. The normalized spacial score (nSPS) is 12.1. The maximum atomic E-state index is 13.6. The number of carboxylic acid groups (broad SMARTS) is 1. The smallest absolute Gasteiger partial charge is 0.311 e. The van der Waals surface area contributed by atoms with Gasteiger partial charge in [0.05, 0.1) is 5.92 Å². The van der Waals surface area contributed by atoms with Crippen molar-refractivity contribution in [2.45, 2.75) is 19.3 Å². The summed E-state index contributed by atoms with van der Waals surface area (Å²) in [5.74, 6) is -2.84. The van der Waals surface area contributed by atoms with Gasteiger partial charge < -0.3 is 15.3 Å². The summed E-state index contributed by atoms with van der Waals surface area (Å²) in [6.45, 7) is 1.60. The average Bonchev–Trinajstić information content (AvgIpc) is 2.41. The fourth-order valence-electron chi connectivity index (χ4n) is 2.12. The third-order valence-electron chi connectivity index (χ3n) is 3.39. The van der Waals surface area contributed by atoms with Gasteiger partial charge in [0, 0.05) is 6.07 Å². The van der Waals surface area contributed by atoms with Crippen LogP contribution in [0.5, 0.6) is 11.5 Å². The lowest BCUT2D eigenvalue weighted by Gasteiger charge is -2.14. The van der Waals surface area contributed by atoms with Crippen LogP contribution in [0.4, 0.5) is 4.39 Å². The second-order valence-electron chi connectivity index (χ2n) is 4.92. The van der Waals surface area contributed by atoms with Crippen molar-refractivity contribution in [3.63, 3.8) is 0 Å². The first kappa shape index (κ1) is 14.8. The van der Waals surface area contributed by atoms with Crippen LogP contribution in [0.25, 0.3) is 0 Å². The summed E-state index contributed by atoms with van der Waals surface area (Å²) in [6, 6.07) is 8.25. The zero-order valence-corrected chi connectivity index (χ0v) is 11.4. The van der Waals surface area contributed by atoms with E-state index in [2.05, 4.69) is 0 Å². The van der Waals surface area contributed by atoms with Crippen LogP contribution in [0.15, 0.2) is 36.4 Å². The Bertz CT molecular complexity index is 682. The van der Waals surface area contributed by atoms with Gasteiger partial charge in [-0.05, 0) is 42.2 Å². The Kier molecular flexibility index (Phi) is 4.12. The monoisotopic (exact) mass is 290 g/mol. The predicted octanol–water partition coefficient (Wildman–Crippen LogP) is 2.96. The van der Waals surface area contributed by atoms with Gasteiger partial charge in [-0.3, -0.25) is 4.79 Å². The summed E-state index contributed by atoms with van der Waals surface area (Å²) in [7, 11) is 0. The second-order valence-corrected chi connectivity index (χ2v) is 4.92. The standard InChI is InChI=1S/C16H15FO4/c1-9-2-3-10(7-14(9)17)13(16(20)21)6-11-4-5-12(18)8-15(11)19/h2-5,7-8,13,18-19H,6H2,1H3,(H,20,21). The van der Waals surface area contributed by atoms with E-state index in [1.807, 2.05) is 0 Å². The zero-order chi connectivity index (χ0) is 15.6. The van der Waals surface area contributed by atoms with Crippen LogP contribution in [0.1, 0.15) is 22.6 Å². The molecule has 2 aromatic carbocycles. The molecule has 4 nitrogen and oxygen atoms in total. The minimum atomic E-state index is -1.11. The van der Waals surface area contributed by atoms with Crippen LogP contribution >= 0.6 is 0 Å². The highest BCUT2D eigenvalue weighted by Gasteiger charge is 2.22. The Morgan fingerprint density at radius 3 is 2.48 bits per heavy atom. The van der Waals surface area contributed by atoms with Crippen LogP contribution in [-0.4, -0.2) is 21.3 Å². The van der Waals surface area contributed by atoms with Gasteiger partial charge in [0.15, 0.2) is 0 Å². The number of phenolic OH excluding ortho intramolecular Hbond substituents is 2. The second kappa shape index (κ2) is 5.83. The molecule has 0 bridgehead atoms.